The summed E-state index contributed by atoms with van der Waals surface area (Å²) in [5, 5.41) is 0. The molecule has 0 aromatic rings. The number of rotatable bonds is 0. The van der Waals surface area contributed by atoms with Gasteiger partial charge < -0.3 is 11.5 Å². The maximum Gasteiger partial charge on any atom is 0.00388 e. The van der Waals surface area contributed by atoms with Crippen molar-refractivity contribution in [3.8, 4) is 0 Å². The van der Waals surface area contributed by atoms with E-state index in [0.29, 0.717) is 12.1 Å². The van der Waals surface area contributed by atoms with E-state index >= 15 is 0 Å². The van der Waals surface area contributed by atoms with Crippen molar-refractivity contribution in [3.63, 3.8) is 0 Å². The molecule has 0 radical (unpaired) electrons. The van der Waals surface area contributed by atoms with E-state index in [-0.39, 0.29) is 0 Å². The fourth-order valence-corrected chi connectivity index (χ4v) is 3.68. The Morgan fingerprint density at radius 2 is 0.500 bits per heavy atom. The fourth-order valence-electron chi connectivity index (χ4n) is 3.68. The lowest BCUT2D eigenvalue weighted by Gasteiger charge is -2.13. The summed E-state index contributed by atoms with van der Waals surface area (Å²) in [5.74, 6) is 0. The molecule has 22 heavy (non-hydrogen) atoms. The normalized spacial score (nSPS) is 29.7. The fraction of sp³-hybridized carbons (Fsp3) is 1.00. The van der Waals surface area contributed by atoms with Crippen molar-refractivity contribution < 1.29 is 0 Å². The van der Waals surface area contributed by atoms with Crippen molar-refractivity contribution in [1.29, 1.82) is 0 Å². The molecule has 0 aliphatic heterocycles. The minimum atomic E-state index is 0.452. The molecule has 0 spiro atoms. The van der Waals surface area contributed by atoms with E-state index in [1.165, 1.54) is 116 Å². The third kappa shape index (κ3) is 12.5. The van der Waals surface area contributed by atoms with E-state index in [0.717, 1.165) is 0 Å². The highest BCUT2D eigenvalue weighted by Gasteiger charge is 2.05. The van der Waals surface area contributed by atoms with Crippen molar-refractivity contribution >= 4 is 0 Å². The van der Waals surface area contributed by atoms with E-state index in [9.17, 15) is 0 Å². The predicted octanol–water partition coefficient (Wildman–Crippen LogP) is 5.68. The lowest BCUT2D eigenvalue weighted by atomic mass is 9.98. The van der Waals surface area contributed by atoms with Gasteiger partial charge in [-0.2, -0.15) is 0 Å². The van der Waals surface area contributed by atoms with Gasteiger partial charge in [-0.3, -0.25) is 0 Å². The van der Waals surface area contributed by atoms with E-state index in [1.54, 1.807) is 0 Å². The van der Waals surface area contributed by atoms with E-state index in [2.05, 4.69) is 0 Å². The van der Waals surface area contributed by atoms with Gasteiger partial charge >= 0.3 is 0 Å². The molecule has 0 bridgehead atoms. The summed E-state index contributed by atoms with van der Waals surface area (Å²) in [5.41, 5.74) is 12.5. The summed E-state index contributed by atoms with van der Waals surface area (Å²) in [4.78, 5) is 0. The molecular formula is C20H42N2. The van der Waals surface area contributed by atoms with Crippen LogP contribution >= 0.6 is 0 Å². The van der Waals surface area contributed by atoms with Crippen LogP contribution in [-0.4, -0.2) is 12.1 Å². The van der Waals surface area contributed by atoms with E-state index in [1.807, 2.05) is 0 Å². The van der Waals surface area contributed by atoms with Crippen molar-refractivity contribution in [2.24, 2.45) is 11.5 Å². The molecule has 1 aliphatic rings. The Morgan fingerprint density at radius 1 is 0.318 bits per heavy atom. The minimum absolute atomic E-state index is 0.452. The van der Waals surface area contributed by atoms with Gasteiger partial charge in [0.25, 0.3) is 0 Å². The topological polar surface area (TPSA) is 52.0 Å². The largest absolute Gasteiger partial charge is 0.328 e. The third-order valence-corrected chi connectivity index (χ3v) is 5.30. The van der Waals surface area contributed by atoms with Gasteiger partial charge in [0.15, 0.2) is 0 Å². The maximum absolute atomic E-state index is 6.23. The van der Waals surface area contributed by atoms with E-state index < -0.39 is 0 Å². The van der Waals surface area contributed by atoms with Crippen LogP contribution in [0.2, 0.25) is 0 Å². The molecule has 2 unspecified atom stereocenters. The van der Waals surface area contributed by atoms with Gasteiger partial charge in [0, 0.05) is 12.1 Å². The summed E-state index contributed by atoms with van der Waals surface area (Å²) in [6, 6.07) is 0.903. The van der Waals surface area contributed by atoms with Gasteiger partial charge in [-0.25, -0.2) is 0 Å². The monoisotopic (exact) mass is 310 g/mol. The number of hydrogen-bond donors (Lipinski definition) is 2. The van der Waals surface area contributed by atoms with E-state index in [4.69, 9.17) is 11.5 Å². The van der Waals surface area contributed by atoms with Crippen LogP contribution in [0.3, 0.4) is 0 Å². The molecule has 1 fully saturated rings. The molecule has 1 aliphatic carbocycles. The molecular weight excluding hydrogens is 268 g/mol. The molecule has 1 saturated carbocycles. The van der Waals surface area contributed by atoms with Crippen molar-refractivity contribution in [2.45, 2.75) is 128 Å². The number of nitrogens with two attached hydrogens (primary N) is 2. The zero-order valence-corrected chi connectivity index (χ0v) is 15.0. The Labute approximate surface area is 139 Å². The first-order valence-corrected chi connectivity index (χ1v) is 10.3. The maximum atomic E-state index is 6.23. The first-order chi connectivity index (χ1) is 10.8. The molecule has 132 valence electrons. The van der Waals surface area contributed by atoms with Crippen LogP contribution in [0.1, 0.15) is 116 Å². The molecule has 2 atom stereocenters. The smallest absolute Gasteiger partial charge is 0.00388 e. The molecule has 2 heteroatoms. The molecule has 0 aromatic heterocycles. The third-order valence-electron chi connectivity index (χ3n) is 5.30. The number of hydrogen-bond acceptors (Lipinski definition) is 2. The highest BCUT2D eigenvalue weighted by atomic mass is 14.6. The van der Waals surface area contributed by atoms with Crippen LogP contribution in [0.4, 0.5) is 0 Å². The first kappa shape index (κ1) is 20.0. The van der Waals surface area contributed by atoms with Gasteiger partial charge in [-0.15, -0.1) is 0 Å². The summed E-state index contributed by atoms with van der Waals surface area (Å²) in [7, 11) is 0. The summed E-state index contributed by atoms with van der Waals surface area (Å²) in [6.45, 7) is 0. The van der Waals surface area contributed by atoms with Gasteiger partial charge in [0.2, 0.25) is 0 Å². The van der Waals surface area contributed by atoms with Crippen LogP contribution in [0.25, 0.3) is 0 Å². The predicted molar refractivity (Wildman–Crippen MR) is 99.1 cm³/mol. The molecule has 0 saturated heterocycles. The summed E-state index contributed by atoms with van der Waals surface area (Å²) in [6.07, 6.45) is 24.3. The zero-order valence-electron chi connectivity index (χ0n) is 15.0. The lowest BCUT2D eigenvalue weighted by molar-refractivity contribution is 0.458. The zero-order chi connectivity index (χ0) is 15.9. The highest BCUT2D eigenvalue weighted by molar-refractivity contribution is 4.64. The Hall–Kier alpha value is -0.0800. The summed E-state index contributed by atoms with van der Waals surface area (Å²) >= 11 is 0. The lowest BCUT2D eigenvalue weighted by Crippen LogP contribution is -2.20. The Morgan fingerprint density at radius 3 is 0.727 bits per heavy atom. The second-order valence-corrected chi connectivity index (χ2v) is 7.62. The first-order valence-electron chi connectivity index (χ1n) is 10.3. The average molecular weight is 311 g/mol. The van der Waals surface area contributed by atoms with Gasteiger partial charge in [-0.1, -0.05) is 89.9 Å². The van der Waals surface area contributed by atoms with Gasteiger partial charge in [0.05, 0.1) is 0 Å². The molecule has 2 nitrogen and oxygen atoms in total. The molecule has 1 rings (SSSR count). The van der Waals surface area contributed by atoms with Crippen molar-refractivity contribution in [3.05, 3.63) is 0 Å². The van der Waals surface area contributed by atoms with Crippen LogP contribution in [0, 0.1) is 0 Å². The van der Waals surface area contributed by atoms with Crippen LogP contribution in [0.5, 0.6) is 0 Å². The second-order valence-electron chi connectivity index (χ2n) is 7.62. The Kier molecular flexibility index (Phi) is 13.2. The molecule has 0 amide bonds. The standard InChI is InChI=1S/C20H42N2/c21-19-15-11-7-5-3-1-2-4-6-8-12-16-20(22)18-14-10-9-13-17-19/h19-20H,1-18,21-22H2. The Bertz CT molecular complexity index is 206. The second kappa shape index (κ2) is 14.5. The molecule has 0 heterocycles. The van der Waals surface area contributed by atoms with Gasteiger partial charge in [0.1, 0.15) is 0 Å². The molecule has 0 aromatic carbocycles. The van der Waals surface area contributed by atoms with Crippen molar-refractivity contribution in [2.75, 3.05) is 0 Å². The van der Waals surface area contributed by atoms with Crippen molar-refractivity contribution in [1.82, 2.24) is 0 Å². The Balaban J connectivity index is 2.15. The minimum Gasteiger partial charge on any atom is -0.328 e. The quantitative estimate of drug-likeness (QED) is 0.605. The van der Waals surface area contributed by atoms with Crippen LogP contribution < -0.4 is 11.5 Å². The highest BCUT2D eigenvalue weighted by Crippen LogP contribution is 2.16. The van der Waals surface area contributed by atoms with Gasteiger partial charge in [-0.05, 0) is 25.7 Å². The summed E-state index contributed by atoms with van der Waals surface area (Å²) < 4.78 is 0. The SMILES string of the molecule is NC1CCCCCCCCCCCCC(N)CCCCCC1. The van der Waals surface area contributed by atoms with Crippen LogP contribution in [-0.2, 0) is 0 Å². The average Bonchev–Trinajstić information content (AvgIpc) is 2.50. The van der Waals surface area contributed by atoms with Crippen LogP contribution in [0.15, 0.2) is 0 Å². The molecule has 4 N–H and O–H groups in total.